The van der Waals surface area contributed by atoms with Gasteiger partial charge in [0, 0.05) is 0 Å². The molecule has 8 nitrogen and oxygen atoms in total. The molecule has 1 heterocycles. The molecule has 4 aromatic rings. The molecule has 0 bridgehead atoms. The van der Waals surface area contributed by atoms with Gasteiger partial charge in [-0.1, -0.05) is 30.3 Å². The number of nitrogens with zero attached hydrogens (tertiary/aromatic N) is 3. The van der Waals surface area contributed by atoms with Gasteiger partial charge in [0.1, 0.15) is 18.4 Å². The number of anilines is 1. The quantitative estimate of drug-likeness (QED) is 0.462. The van der Waals surface area contributed by atoms with Crippen molar-refractivity contribution in [2.75, 3.05) is 11.9 Å². The summed E-state index contributed by atoms with van der Waals surface area (Å²) in [6, 6.07) is 22.9. The maximum Gasteiger partial charge on any atom is 0.338 e. The summed E-state index contributed by atoms with van der Waals surface area (Å²) in [4.78, 5) is 28.4. The van der Waals surface area contributed by atoms with Crippen LogP contribution in [0.1, 0.15) is 10.4 Å². The second-order valence-electron chi connectivity index (χ2n) is 6.42. The predicted molar refractivity (Wildman–Crippen MR) is 113 cm³/mol. The molecule has 0 fully saturated rings. The van der Waals surface area contributed by atoms with Crippen LogP contribution >= 0.6 is 0 Å². The van der Waals surface area contributed by atoms with E-state index in [1.807, 2.05) is 30.3 Å². The number of carbonyl (C=O) groups is 2. The van der Waals surface area contributed by atoms with E-state index in [0.717, 1.165) is 5.69 Å². The molecule has 8 heteroatoms. The van der Waals surface area contributed by atoms with E-state index in [0.29, 0.717) is 22.7 Å². The van der Waals surface area contributed by atoms with Crippen molar-refractivity contribution in [3.63, 3.8) is 0 Å². The number of carbonyl (C=O) groups excluding carboxylic acids is 2. The average molecular weight is 414 g/mol. The average Bonchev–Trinajstić information content (AvgIpc) is 3.35. The monoisotopic (exact) mass is 414 g/mol. The third-order valence-corrected chi connectivity index (χ3v) is 4.25. The molecule has 1 amide bonds. The first kappa shape index (κ1) is 19.8. The van der Waals surface area contributed by atoms with E-state index < -0.39 is 18.5 Å². The maximum absolute atomic E-state index is 12.3. The van der Waals surface area contributed by atoms with Gasteiger partial charge in [-0.15, -0.1) is 0 Å². The number of amides is 1. The van der Waals surface area contributed by atoms with Crippen LogP contribution in [0.5, 0.6) is 11.5 Å². The van der Waals surface area contributed by atoms with Gasteiger partial charge in [-0.2, -0.15) is 5.10 Å². The molecule has 0 spiro atoms. The Morgan fingerprint density at radius 1 is 0.903 bits per heavy atom. The molecule has 154 valence electrons. The van der Waals surface area contributed by atoms with Gasteiger partial charge in [0.15, 0.2) is 12.4 Å². The Balaban J connectivity index is 1.34. The Labute approximate surface area is 178 Å². The zero-order chi connectivity index (χ0) is 21.5. The third kappa shape index (κ3) is 5.13. The summed E-state index contributed by atoms with van der Waals surface area (Å²) in [5.74, 6) is 0.0489. The van der Waals surface area contributed by atoms with Gasteiger partial charge in [0.25, 0.3) is 5.91 Å². The van der Waals surface area contributed by atoms with E-state index in [-0.39, 0.29) is 0 Å². The summed E-state index contributed by atoms with van der Waals surface area (Å²) in [5, 5.41) is 6.73. The van der Waals surface area contributed by atoms with Crippen molar-refractivity contribution in [3.8, 4) is 17.2 Å². The molecule has 31 heavy (non-hydrogen) atoms. The number of rotatable bonds is 7. The SMILES string of the molecule is O=C(COC(=O)c1ccc(-n2cncn2)cc1)Nc1ccccc1Oc1ccccc1. The highest BCUT2D eigenvalue weighted by molar-refractivity contribution is 5.96. The van der Waals surface area contributed by atoms with Gasteiger partial charge in [0.05, 0.1) is 16.9 Å². The smallest absolute Gasteiger partial charge is 0.338 e. The fourth-order valence-corrected chi connectivity index (χ4v) is 2.77. The molecular formula is C23H18N4O4. The van der Waals surface area contributed by atoms with Crippen LogP contribution in [0.15, 0.2) is 91.5 Å². The Bertz CT molecular complexity index is 1160. The molecule has 0 unspecified atom stereocenters. The largest absolute Gasteiger partial charge is 0.455 e. The van der Waals surface area contributed by atoms with Crippen molar-refractivity contribution in [1.82, 2.24) is 14.8 Å². The van der Waals surface area contributed by atoms with E-state index in [1.54, 1.807) is 59.5 Å². The van der Waals surface area contributed by atoms with Gasteiger partial charge in [-0.05, 0) is 48.5 Å². The van der Waals surface area contributed by atoms with Crippen LogP contribution < -0.4 is 10.1 Å². The minimum absolute atomic E-state index is 0.324. The second-order valence-corrected chi connectivity index (χ2v) is 6.42. The molecule has 0 saturated carbocycles. The van der Waals surface area contributed by atoms with E-state index in [1.165, 1.54) is 6.33 Å². The third-order valence-electron chi connectivity index (χ3n) is 4.25. The lowest BCUT2D eigenvalue weighted by atomic mass is 10.2. The molecule has 0 saturated heterocycles. The van der Waals surface area contributed by atoms with E-state index in [9.17, 15) is 9.59 Å². The van der Waals surface area contributed by atoms with E-state index >= 15 is 0 Å². The highest BCUT2D eigenvalue weighted by Crippen LogP contribution is 2.29. The summed E-state index contributed by atoms with van der Waals surface area (Å²) in [7, 11) is 0. The van der Waals surface area contributed by atoms with Crippen molar-refractivity contribution in [3.05, 3.63) is 97.1 Å². The number of esters is 1. The van der Waals surface area contributed by atoms with Crippen molar-refractivity contribution >= 4 is 17.6 Å². The Morgan fingerprint density at radius 2 is 1.65 bits per heavy atom. The predicted octanol–water partition coefficient (Wildman–Crippen LogP) is 3.86. The van der Waals surface area contributed by atoms with Crippen LogP contribution in [-0.4, -0.2) is 33.2 Å². The first-order chi connectivity index (χ1) is 15.2. The van der Waals surface area contributed by atoms with E-state index in [2.05, 4.69) is 15.4 Å². The number of para-hydroxylation sites is 3. The molecule has 0 atom stereocenters. The van der Waals surface area contributed by atoms with E-state index in [4.69, 9.17) is 9.47 Å². The minimum atomic E-state index is -0.603. The topological polar surface area (TPSA) is 95.3 Å². The first-order valence-electron chi connectivity index (χ1n) is 9.43. The summed E-state index contributed by atoms with van der Waals surface area (Å²) in [6.07, 6.45) is 2.97. The molecule has 3 aromatic carbocycles. The lowest BCUT2D eigenvalue weighted by molar-refractivity contribution is -0.119. The number of ether oxygens (including phenoxy) is 2. The maximum atomic E-state index is 12.3. The molecule has 0 aliphatic rings. The molecule has 0 aliphatic heterocycles. The molecular weight excluding hydrogens is 396 g/mol. The van der Waals surface area contributed by atoms with Crippen molar-refractivity contribution < 1.29 is 19.1 Å². The zero-order valence-corrected chi connectivity index (χ0v) is 16.3. The fourth-order valence-electron chi connectivity index (χ4n) is 2.77. The number of hydrogen-bond acceptors (Lipinski definition) is 6. The molecule has 0 aliphatic carbocycles. The molecule has 1 aromatic heterocycles. The zero-order valence-electron chi connectivity index (χ0n) is 16.3. The minimum Gasteiger partial charge on any atom is -0.455 e. The summed E-state index contributed by atoms with van der Waals surface area (Å²) < 4.78 is 12.5. The lowest BCUT2D eigenvalue weighted by Crippen LogP contribution is -2.21. The van der Waals surface area contributed by atoms with Crippen LogP contribution in [0.25, 0.3) is 5.69 Å². The number of hydrogen-bond donors (Lipinski definition) is 1. The molecule has 4 rings (SSSR count). The van der Waals surface area contributed by atoms with Gasteiger partial charge in [-0.25, -0.2) is 14.5 Å². The molecule has 1 N–H and O–H groups in total. The van der Waals surface area contributed by atoms with Gasteiger partial charge in [-0.3, -0.25) is 4.79 Å². The van der Waals surface area contributed by atoms with Crippen LogP contribution in [-0.2, 0) is 9.53 Å². The van der Waals surface area contributed by atoms with Gasteiger partial charge >= 0.3 is 5.97 Å². The summed E-state index contributed by atoms with van der Waals surface area (Å²) in [5.41, 5.74) is 1.55. The normalized spacial score (nSPS) is 10.3. The Hall–Kier alpha value is -4.46. The van der Waals surface area contributed by atoms with Gasteiger partial charge in [0.2, 0.25) is 0 Å². The highest BCUT2D eigenvalue weighted by atomic mass is 16.5. The first-order valence-corrected chi connectivity index (χ1v) is 9.43. The molecule has 0 radical (unpaired) electrons. The number of nitrogens with one attached hydrogen (secondary N) is 1. The standard InChI is InChI=1S/C23H18N4O4/c28-22(26-20-8-4-5-9-21(20)31-19-6-2-1-3-7-19)14-30-23(29)17-10-12-18(13-11-17)27-16-24-15-25-27/h1-13,15-16H,14H2,(H,26,28). The highest BCUT2D eigenvalue weighted by Gasteiger charge is 2.13. The van der Waals surface area contributed by atoms with Crippen LogP contribution in [0.4, 0.5) is 5.69 Å². The summed E-state index contributed by atoms with van der Waals surface area (Å²) in [6.45, 7) is -0.427. The van der Waals surface area contributed by atoms with Crippen LogP contribution in [0.3, 0.4) is 0 Å². The van der Waals surface area contributed by atoms with Crippen molar-refractivity contribution in [2.45, 2.75) is 0 Å². The van der Waals surface area contributed by atoms with Gasteiger partial charge < -0.3 is 14.8 Å². The Kier molecular flexibility index (Phi) is 5.99. The lowest BCUT2D eigenvalue weighted by Gasteiger charge is -2.12. The summed E-state index contributed by atoms with van der Waals surface area (Å²) >= 11 is 0. The van der Waals surface area contributed by atoms with Crippen LogP contribution in [0.2, 0.25) is 0 Å². The van der Waals surface area contributed by atoms with Crippen LogP contribution in [0, 0.1) is 0 Å². The fraction of sp³-hybridized carbons (Fsp3) is 0.0435. The number of aromatic nitrogens is 3. The van der Waals surface area contributed by atoms with Crippen molar-refractivity contribution in [1.29, 1.82) is 0 Å². The second kappa shape index (κ2) is 9.36. The van der Waals surface area contributed by atoms with Crippen molar-refractivity contribution in [2.24, 2.45) is 0 Å². The Morgan fingerprint density at radius 3 is 2.39 bits per heavy atom. The number of benzene rings is 3.